The maximum absolute atomic E-state index is 5.38. The first-order chi connectivity index (χ1) is 5.07. The Balaban J connectivity index is 4.22. The van der Waals surface area contributed by atoms with Crippen molar-refractivity contribution in [1.29, 1.82) is 0 Å². The fourth-order valence-corrected chi connectivity index (χ4v) is 0.569. The highest BCUT2D eigenvalue weighted by Gasteiger charge is 1.97. The second-order valence-corrected chi connectivity index (χ2v) is 2.81. The van der Waals surface area contributed by atoms with Crippen molar-refractivity contribution in [1.82, 2.24) is 0 Å². The molecule has 11 heavy (non-hydrogen) atoms. The quantitative estimate of drug-likeness (QED) is 0.618. The van der Waals surface area contributed by atoms with Gasteiger partial charge < -0.3 is 5.73 Å². The van der Waals surface area contributed by atoms with Gasteiger partial charge in [-0.2, -0.15) is 0 Å². The number of aliphatic imine (C=N–C) groups is 1. The predicted molar refractivity (Wildman–Crippen MR) is 50.4 cm³/mol. The van der Waals surface area contributed by atoms with E-state index in [9.17, 15) is 0 Å². The van der Waals surface area contributed by atoms with E-state index in [1.165, 1.54) is 0 Å². The van der Waals surface area contributed by atoms with Crippen LogP contribution < -0.4 is 5.73 Å². The lowest BCUT2D eigenvalue weighted by Gasteiger charge is -2.02. The average Bonchev–Trinajstić information content (AvgIpc) is 1.87. The van der Waals surface area contributed by atoms with Gasteiger partial charge in [-0.15, -0.1) is 0 Å². The summed E-state index contributed by atoms with van der Waals surface area (Å²) in [7, 11) is 0. The number of hydrogen-bond acceptors (Lipinski definition) is 2. The summed E-state index contributed by atoms with van der Waals surface area (Å²) in [5.41, 5.74) is 7.21. The summed E-state index contributed by atoms with van der Waals surface area (Å²) in [5, 5.41) is 0. The molecule has 0 aromatic rings. The van der Waals surface area contributed by atoms with Crippen molar-refractivity contribution in [2.24, 2.45) is 16.6 Å². The smallest absolute Gasteiger partial charge is 0.0319 e. The molecule has 0 aliphatic rings. The van der Waals surface area contributed by atoms with Crippen LogP contribution in [0.25, 0.3) is 0 Å². The van der Waals surface area contributed by atoms with Crippen LogP contribution in [0.15, 0.2) is 29.0 Å². The van der Waals surface area contributed by atoms with Crippen molar-refractivity contribution in [2.75, 3.05) is 0 Å². The number of hydrogen-bond donors (Lipinski definition) is 1. The molecule has 0 aliphatic carbocycles. The van der Waals surface area contributed by atoms with Gasteiger partial charge in [-0.05, 0) is 24.6 Å². The van der Waals surface area contributed by atoms with Crippen LogP contribution >= 0.6 is 0 Å². The minimum absolute atomic E-state index is 0.420. The Bertz CT molecular complexity index is 188. The summed E-state index contributed by atoms with van der Waals surface area (Å²) in [6, 6.07) is 0. The summed E-state index contributed by atoms with van der Waals surface area (Å²) < 4.78 is 0. The molecule has 2 heteroatoms. The Kier molecular flexibility index (Phi) is 4.27. The molecule has 2 N–H and O–H groups in total. The van der Waals surface area contributed by atoms with Gasteiger partial charge in [-0.1, -0.05) is 20.4 Å². The first-order valence-electron chi connectivity index (χ1n) is 3.69. The SMILES string of the molecule is C=C(C)/N=C\C(=C/N)C(C)C. The summed E-state index contributed by atoms with van der Waals surface area (Å²) >= 11 is 0. The monoisotopic (exact) mass is 152 g/mol. The van der Waals surface area contributed by atoms with Crippen molar-refractivity contribution in [2.45, 2.75) is 20.8 Å². The lowest BCUT2D eigenvalue weighted by atomic mass is 10.1. The molecule has 0 saturated heterocycles. The Morgan fingerprint density at radius 1 is 1.55 bits per heavy atom. The van der Waals surface area contributed by atoms with Gasteiger partial charge in [0, 0.05) is 11.9 Å². The molecule has 0 heterocycles. The van der Waals surface area contributed by atoms with Crippen LogP contribution in [0.4, 0.5) is 0 Å². The molecule has 0 spiro atoms. The van der Waals surface area contributed by atoms with E-state index in [0.717, 1.165) is 11.3 Å². The first-order valence-corrected chi connectivity index (χ1v) is 3.69. The van der Waals surface area contributed by atoms with E-state index in [2.05, 4.69) is 25.4 Å². The molecule has 0 bridgehead atoms. The van der Waals surface area contributed by atoms with Crippen molar-refractivity contribution >= 4 is 6.21 Å². The van der Waals surface area contributed by atoms with Crippen molar-refractivity contribution < 1.29 is 0 Å². The minimum Gasteiger partial charge on any atom is -0.404 e. The van der Waals surface area contributed by atoms with Crippen LogP contribution in [-0.4, -0.2) is 6.21 Å². The summed E-state index contributed by atoms with van der Waals surface area (Å²) in [6.45, 7) is 9.65. The van der Waals surface area contributed by atoms with E-state index >= 15 is 0 Å². The molecule has 0 aromatic carbocycles. The van der Waals surface area contributed by atoms with Gasteiger partial charge in [-0.3, -0.25) is 4.99 Å². The molecule has 0 rings (SSSR count). The molecule has 0 radical (unpaired) electrons. The Morgan fingerprint density at radius 2 is 2.09 bits per heavy atom. The van der Waals surface area contributed by atoms with Crippen LogP contribution in [0.2, 0.25) is 0 Å². The lowest BCUT2D eigenvalue weighted by molar-refractivity contribution is 0.803. The molecule has 0 atom stereocenters. The highest BCUT2D eigenvalue weighted by Crippen LogP contribution is 2.05. The van der Waals surface area contributed by atoms with Crippen LogP contribution in [0.5, 0.6) is 0 Å². The maximum atomic E-state index is 5.38. The van der Waals surface area contributed by atoms with Crippen LogP contribution in [0.1, 0.15) is 20.8 Å². The van der Waals surface area contributed by atoms with E-state index in [4.69, 9.17) is 5.73 Å². The summed E-state index contributed by atoms with van der Waals surface area (Å²) in [6.07, 6.45) is 3.34. The van der Waals surface area contributed by atoms with Gasteiger partial charge in [0.05, 0.1) is 0 Å². The van der Waals surface area contributed by atoms with Gasteiger partial charge in [0.25, 0.3) is 0 Å². The number of allylic oxidation sites excluding steroid dienone is 2. The second kappa shape index (κ2) is 4.72. The van der Waals surface area contributed by atoms with Crippen molar-refractivity contribution in [3.05, 3.63) is 24.0 Å². The van der Waals surface area contributed by atoms with Crippen LogP contribution in [0.3, 0.4) is 0 Å². The molecule has 0 unspecified atom stereocenters. The standard InChI is InChI=1S/C9H16N2/c1-7(2)9(5-10)6-11-8(3)4/h5-7H,3,10H2,1-2,4H3/b9-5+,11-6-. The first kappa shape index (κ1) is 9.95. The van der Waals surface area contributed by atoms with Gasteiger partial charge >= 0.3 is 0 Å². The van der Waals surface area contributed by atoms with Gasteiger partial charge in [0.15, 0.2) is 0 Å². The van der Waals surface area contributed by atoms with Crippen molar-refractivity contribution in [3.63, 3.8) is 0 Å². The third kappa shape index (κ3) is 4.37. The third-order valence-electron chi connectivity index (χ3n) is 1.29. The zero-order valence-electron chi connectivity index (χ0n) is 7.46. The Morgan fingerprint density at radius 3 is 2.36 bits per heavy atom. The third-order valence-corrected chi connectivity index (χ3v) is 1.29. The van der Waals surface area contributed by atoms with E-state index in [1.807, 2.05) is 6.92 Å². The highest BCUT2D eigenvalue weighted by atomic mass is 14.7. The summed E-state index contributed by atoms with van der Waals surface area (Å²) in [4.78, 5) is 4.05. The lowest BCUT2D eigenvalue weighted by Crippen LogP contribution is -1.98. The normalized spacial score (nSPS) is 12.9. The van der Waals surface area contributed by atoms with E-state index in [0.29, 0.717) is 5.92 Å². The fourth-order valence-electron chi connectivity index (χ4n) is 0.569. The number of nitrogens with two attached hydrogens (primary N) is 1. The van der Waals surface area contributed by atoms with E-state index < -0.39 is 0 Å². The van der Waals surface area contributed by atoms with Gasteiger partial charge in [0.1, 0.15) is 0 Å². The molecule has 62 valence electrons. The Labute approximate surface area is 68.5 Å². The number of rotatable bonds is 3. The van der Waals surface area contributed by atoms with Crippen molar-refractivity contribution in [3.8, 4) is 0 Å². The number of nitrogens with zero attached hydrogens (tertiary/aromatic N) is 1. The molecule has 2 nitrogen and oxygen atoms in total. The average molecular weight is 152 g/mol. The van der Waals surface area contributed by atoms with Gasteiger partial charge in [0.2, 0.25) is 0 Å². The molecule has 0 saturated carbocycles. The topological polar surface area (TPSA) is 38.4 Å². The fraction of sp³-hybridized carbons (Fsp3) is 0.444. The molecular weight excluding hydrogens is 136 g/mol. The van der Waals surface area contributed by atoms with Crippen LogP contribution in [-0.2, 0) is 0 Å². The molecule has 0 fully saturated rings. The van der Waals surface area contributed by atoms with E-state index in [1.54, 1.807) is 12.4 Å². The summed E-state index contributed by atoms with van der Waals surface area (Å²) in [5.74, 6) is 0.420. The highest BCUT2D eigenvalue weighted by molar-refractivity contribution is 5.79. The zero-order chi connectivity index (χ0) is 8.85. The predicted octanol–water partition coefficient (Wildman–Crippen LogP) is 2.09. The molecule has 0 amide bonds. The second-order valence-electron chi connectivity index (χ2n) is 2.81. The molecule has 0 aromatic heterocycles. The molecule has 0 aliphatic heterocycles. The molecular formula is C9H16N2. The van der Waals surface area contributed by atoms with Crippen LogP contribution in [0, 0.1) is 5.92 Å². The maximum Gasteiger partial charge on any atom is 0.0319 e. The van der Waals surface area contributed by atoms with E-state index in [-0.39, 0.29) is 0 Å². The largest absolute Gasteiger partial charge is 0.404 e. The minimum atomic E-state index is 0.420. The Hall–Kier alpha value is -1.05. The van der Waals surface area contributed by atoms with Gasteiger partial charge in [-0.25, -0.2) is 0 Å². The zero-order valence-corrected chi connectivity index (χ0v) is 7.46.